The molecule has 0 heterocycles. The van der Waals surface area contributed by atoms with E-state index in [0.717, 1.165) is 19.4 Å². The minimum absolute atomic E-state index is 0.109. The molecule has 0 saturated heterocycles. The molecule has 0 aromatic rings. The predicted octanol–water partition coefficient (Wildman–Crippen LogP) is 6.45. The smallest absolute Gasteiger partial charge is 0.268 e. The Morgan fingerprint density at radius 2 is 1.22 bits per heavy atom. The van der Waals surface area contributed by atoms with Gasteiger partial charge in [-0.3, -0.25) is 4.57 Å². The molecule has 2 atom stereocenters. The first kappa shape index (κ1) is 36.0. The molecule has 0 fully saturated rings. The SMILES string of the molecule is CCCCCCCCCCCCCCCCCCOCC(CNCC)OP(=O)([O-])OCC[N+](C)(C)C. The Morgan fingerprint density at radius 3 is 1.67 bits per heavy atom. The zero-order valence-corrected chi connectivity index (χ0v) is 25.5. The van der Waals surface area contributed by atoms with Crippen LogP contribution in [0.5, 0.6) is 0 Å². The van der Waals surface area contributed by atoms with Crippen LogP contribution in [0.2, 0.25) is 0 Å². The highest BCUT2D eigenvalue weighted by Crippen LogP contribution is 2.39. The van der Waals surface area contributed by atoms with Crippen LogP contribution in [0.25, 0.3) is 0 Å². The maximum Gasteiger partial charge on any atom is 0.268 e. The largest absolute Gasteiger partial charge is 0.756 e. The molecule has 0 bridgehead atoms. The molecule has 0 aliphatic rings. The summed E-state index contributed by atoms with van der Waals surface area (Å²) in [6.07, 6.45) is 20.9. The Labute approximate surface area is 224 Å². The number of hydrogen-bond donors (Lipinski definition) is 1. The summed E-state index contributed by atoms with van der Waals surface area (Å²) in [5, 5.41) is 3.14. The predicted molar refractivity (Wildman–Crippen MR) is 150 cm³/mol. The van der Waals surface area contributed by atoms with Crippen LogP contribution < -0.4 is 10.2 Å². The van der Waals surface area contributed by atoms with Gasteiger partial charge >= 0.3 is 0 Å². The molecule has 1 N–H and O–H groups in total. The summed E-state index contributed by atoms with van der Waals surface area (Å²) in [6, 6.07) is 0. The van der Waals surface area contributed by atoms with Crippen molar-refractivity contribution in [3.05, 3.63) is 0 Å². The van der Waals surface area contributed by atoms with Crippen molar-refractivity contribution in [1.82, 2.24) is 5.32 Å². The number of ether oxygens (including phenoxy) is 1. The van der Waals surface area contributed by atoms with Crippen molar-refractivity contribution in [1.29, 1.82) is 0 Å². The van der Waals surface area contributed by atoms with Gasteiger partial charge in [0, 0.05) is 13.2 Å². The Balaban J connectivity index is 3.69. The van der Waals surface area contributed by atoms with Gasteiger partial charge in [0.05, 0.1) is 27.7 Å². The highest BCUT2D eigenvalue weighted by Gasteiger charge is 2.19. The molecule has 0 aliphatic carbocycles. The van der Waals surface area contributed by atoms with Crippen LogP contribution >= 0.6 is 7.82 Å². The van der Waals surface area contributed by atoms with Gasteiger partial charge in [-0.05, 0) is 13.0 Å². The van der Waals surface area contributed by atoms with Gasteiger partial charge in [-0.15, -0.1) is 0 Å². The zero-order valence-electron chi connectivity index (χ0n) is 24.6. The molecule has 0 amide bonds. The van der Waals surface area contributed by atoms with E-state index in [1.165, 1.54) is 89.9 Å². The van der Waals surface area contributed by atoms with Crippen molar-refractivity contribution in [2.24, 2.45) is 0 Å². The van der Waals surface area contributed by atoms with Gasteiger partial charge in [0.2, 0.25) is 0 Å². The Kier molecular flexibility index (Phi) is 24.1. The van der Waals surface area contributed by atoms with Crippen LogP contribution in [-0.4, -0.2) is 71.2 Å². The maximum absolute atomic E-state index is 12.2. The van der Waals surface area contributed by atoms with Crippen LogP contribution in [0.1, 0.15) is 117 Å². The van der Waals surface area contributed by atoms with E-state index in [2.05, 4.69) is 12.2 Å². The van der Waals surface area contributed by atoms with Gasteiger partial charge in [0.15, 0.2) is 0 Å². The number of nitrogens with zero attached hydrogens (tertiary/aromatic N) is 1. The maximum atomic E-state index is 12.2. The third-order valence-corrected chi connectivity index (χ3v) is 7.41. The summed E-state index contributed by atoms with van der Waals surface area (Å²) in [5.41, 5.74) is 0. The normalized spacial score (nSPS) is 14.7. The van der Waals surface area contributed by atoms with Crippen LogP contribution in [0.15, 0.2) is 0 Å². The third-order valence-electron chi connectivity index (χ3n) is 6.36. The quantitative estimate of drug-likeness (QED) is 0.0703. The van der Waals surface area contributed by atoms with E-state index in [4.69, 9.17) is 13.8 Å². The molecule has 0 spiro atoms. The minimum atomic E-state index is -4.35. The van der Waals surface area contributed by atoms with Crippen LogP contribution in [-0.2, 0) is 18.3 Å². The third kappa shape index (κ3) is 27.0. The first-order chi connectivity index (χ1) is 17.2. The summed E-state index contributed by atoms with van der Waals surface area (Å²) in [7, 11) is 1.61. The zero-order chi connectivity index (χ0) is 27.0. The van der Waals surface area contributed by atoms with Gasteiger partial charge in [-0.2, -0.15) is 0 Å². The Morgan fingerprint density at radius 1 is 0.750 bits per heavy atom. The summed E-state index contributed by atoms with van der Waals surface area (Å²) >= 11 is 0. The minimum Gasteiger partial charge on any atom is -0.756 e. The van der Waals surface area contributed by atoms with Crippen molar-refractivity contribution in [3.63, 3.8) is 0 Å². The van der Waals surface area contributed by atoms with Crippen LogP contribution in [0.3, 0.4) is 0 Å². The van der Waals surface area contributed by atoms with Crippen molar-refractivity contribution < 1.29 is 27.7 Å². The molecule has 0 saturated carbocycles. The van der Waals surface area contributed by atoms with Crippen molar-refractivity contribution in [3.8, 4) is 0 Å². The van der Waals surface area contributed by atoms with Crippen molar-refractivity contribution >= 4 is 7.82 Å². The lowest BCUT2D eigenvalue weighted by molar-refractivity contribution is -0.870. The van der Waals surface area contributed by atoms with E-state index in [1.807, 2.05) is 28.1 Å². The fraction of sp³-hybridized carbons (Fsp3) is 1.00. The monoisotopic (exact) mass is 536 g/mol. The topological polar surface area (TPSA) is 79.9 Å². The van der Waals surface area contributed by atoms with Gasteiger partial charge in [0.1, 0.15) is 19.3 Å². The number of phosphoric acid groups is 1. The number of hydrogen-bond acceptors (Lipinski definition) is 6. The van der Waals surface area contributed by atoms with E-state index in [9.17, 15) is 9.46 Å². The van der Waals surface area contributed by atoms with E-state index in [0.29, 0.717) is 24.2 Å². The molecular formula is C28H61N2O5P. The molecular weight excluding hydrogens is 475 g/mol. The Hall–Kier alpha value is -0.0100. The Bertz CT molecular complexity index is 517. The van der Waals surface area contributed by atoms with Gasteiger partial charge < -0.3 is 28.5 Å². The molecule has 0 aromatic carbocycles. The average Bonchev–Trinajstić information content (AvgIpc) is 2.80. The number of unbranched alkanes of at least 4 members (excludes halogenated alkanes) is 15. The van der Waals surface area contributed by atoms with E-state index < -0.39 is 13.9 Å². The molecule has 2 unspecified atom stereocenters. The molecule has 8 heteroatoms. The fourth-order valence-electron chi connectivity index (χ4n) is 4.04. The fourth-order valence-corrected chi connectivity index (χ4v) is 4.91. The van der Waals surface area contributed by atoms with Gasteiger partial charge in [-0.25, -0.2) is 0 Å². The lowest BCUT2D eigenvalue weighted by atomic mass is 10.0. The highest BCUT2D eigenvalue weighted by molar-refractivity contribution is 7.45. The van der Waals surface area contributed by atoms with Crippen LogP contribution in [0, 0.1) is 0 Å². The molecule has 0 radical (unpaired) electrons. The highest BCUT2D eigenvalue weighted by atomic mass is 31.2. The molecule has 36 heavy (non-hydrogen) atoms. The lowest BCUT2D eigenvalue weighted by Gasteiger charge is -2.30. The summed E-state index contributed by atoms with van der Waals surface area (Å²) in [5.74, 6) is 0. The molecule has 0 aromatic heterocycles. The van der Waals surface area contributed by atoms with Crippen molar-refractivity contribution in [2.75, 3.05) is 60.6 Å². The second kappa shape index (κ2) is 24.1. The van der Waals surface area contributed by atoms with Crippen molar-refractivity contribution in [2.45, 2.75) is 123 Å². The summed E-state index contributed by atoms with van der Waals surface area (Å²) in [4.78, 5) is 12.2. The molecule has 7 nitrogen and oxygen atoms in total. The number of likely N-dealkylation sites (N-methyl/N-ethyl adjacent to an activating group) is 2. The second-order valence-corrected chi connectivity index (χ2v) is 12.6. The van der Waals surface area contributed by atoms with E-state index >= 15 is 0 Å². The standard InChI is InChI=1S/C28H61N2O5P/c1-6-8-9-10-11-12-13-14-15-16-17-18-19-20-21-22-24-33-27-28(26-29-7-2)35-36(31,32)34-25-23-30(3,4)5/h28-29H,6-27H2,1-5H3. The number of nitrogens with one attached hydrogen (secondary N) is 1. The van der Waals surface area contributed by atoms with E-state index in [-0.39, 0.29) is 13.2 Å². The lowest BCUT2D eigenvalue weighted by Crippen LogP contribution is -2.38. The van der Waals surface area contributed by atoms with E-state index in [1.54, 1.807) is 0 Å². The first-order valence-corrected chi connectivity index (χ1v) is 16.4. The van der Waals surface area contributed by atoms with Gasteiger partial charge in [-0.1, -0.05) is 110 Å². The number of phosphoric ester groups is 1. The number of quaternary nitrogens is 1. The molecule has 0 rings (SSSR count). The first-order valence-electron chi connectivity index (χ1n) is 14.9. The summed E-state index contributed by atoms with van der Waals surface area (Å²) in [6.45, 7) is 6.99. The van der Waals surface area contributed by atoms with Crippen LogP contribution in [0.4, 0.5) is 0 Å². The summed E-state index contributed by atoms with van der Waals surface area (Å²) < 4.78 is 28.8. The van der Waals surface area contributed by atoms with Gasteiger partial charge in [0.25, 0.3) is 7.82 Å². The molecule has 0 aliphatic heterocycles. The second-order valence-electron chi connectivity index (χ2n) is 11.2. The average molecular weight is 537 g/mol. The number of rotatable bonds is 28. The molecule has 218 valence electrons.